The first-order valence-electron chi connectivity index (χ1n) is 9.54. The van der Waals surface area contributed by atoms with Gasteiger partial charge in [0.05, 0.1) is 0 Å². The quantitative estimate of drug-likeness (QED) is 0.186. The molecular weight excluding hydrogens is 288 g/mol. The fourth-order valence-corrected chi connectivity index (χ4v) is 3.02. The second-order valence-corrected chi connectivity index (χ2v) is 7.27. The van der Waals surface area contributed by atoms with Crippen molar-refractivity contribution < 1.29 is 9.47 Å². The Bertz CT molecular complexity index is 217. The molecule has 0 atom stereocenters. The summed E-state index contributed by atoms with van der Waals surface area (Å²) in [6.07, 6.45) is 20.3. The van der Waals surface area contributed by atoms with Crippen LogP contribution >= 0.6 is 0 Å². The van der Waals surface area contributed by atoms with Crippen molar-refractivity contribution in [3.63, 3.8) is 0 Å². The number of ether oxygens (including phenoxy) is 2. The standard InChI is InChI=1S/C19H39O2Si/c1-4-5-6-7-8-9-10-11-12-13-14-15-16-17-18-19(22,20-2)21-3/h4-18H2,1-3H3. The van der Waals surface area contributed by atoms with E-state index in [0.29, 0.717) is 0 Å². The summed E-state index contributed by atoms with van der Waals surface area (Å²) in [5.74, 6) is 0. The average molecular weight is 328 g/mol. The first kappa shape index (κ1) is 22.1. The molecule has 0 saturated heterocycles. The predicted molar refractivity (Wildman–Crippen MR) is 97.4 cm³/mol. The Morgan fingerprint density at radius 1 is 0.591 bits per heavy atom. The van der Waals surface area contributed by atoms with E-state index in [-0.39, 0.29) is 0 Å². The minimum Gasteiger partial charge on any atom is -0.358 e. The number of hydrogen-bond acceptors (Lipinski definition) is 2. The Hall–Kier alpha value is 0.137. The van der Waals surface area contributed by atoms with Gasteiger partial charge in [-0.1, -0.05) is 90.4 Å². The summed E-state index contributed by atoms with van der Waals surface area (Å²) in [6, 6.07) is 0. The van der Waals surface area contributed by atoms with E-state index in [1.807, 2.05) is 0 Å². The lowest BCUT2D eigenvalue weighted by molar-refractivity contribution is -0.146. The van der Waals surface area contributed by atoms with Crippen LogP contribution in [0, 0.1) is 0 Å². The molecule has 0 bridgehead atoms. The van der Waals surface area contributed by atoms with Crippen LogP contribution in [0.5, 0.6) is 0 Å². The summed E-state index contributed by atoms with van der Waals surface area (Å²) >= 11 is 0. The molecule has 0 aliphatic carbocycles. The third-order valence-electron chi connectivity index (χ3n) is 4.52. The summed E-state index contributed by atoms with van der Waals surface area (Å²) in [4.78, 5) is 0. The van der Waals surface area contributed by atoms with Gasteiger partial charge in [0.1, 0.15) is 15.7 Å². The molecule has 0 rings (SSSR count). The van der Waals surface area contributed by atoms with Gasteiger partial charge in [0.15, 0.2) is 0 Å². The molecule has 0 saturated carbocycles. The molecule has 0 aliphatic rings. The molecule has 0 heterocycles. The summed E-state index contributed by atoms with van der Waals surface area (Å²) in [7, 11) is 6.89. The molecule has 0 spiro atoms. The third-order valence-corrected chi connectivity index (χ3v) is 5.18. The molecule has 2 nitrogen and oxygen atoms in total. The monoisotopic (exact) mass is 327 g/mol. The Kier molecular flexibility index (Phi) is 16.1. The van der Waals surface area contributed by atoms with Gasteiger partial charge in [0, 0.05) is 14.2 Å². The lowest BCUT2D eigenvalue weighted by Crippen LogP contribution is -2.33. The zero-order valence-corrected chi connectivity index (χ0v) is 16.4. The second kappa shape index (κ2) is 16.0. The molecule has 0 aromatic heterocycles. The van der Waals surface area contributed by atoms with Crippen molar-refractivity contribution in [2.24, 2.45) is 0 Å². The van der Waals surface area contributed by atoms with E-state index in [9.17, 15) is 0 Å². The Balaban J connectivity index is 3.14. The summed E-state index contributed by atoms with van der Waals surface area (Å²) in [5, 5.41) is 0. The van der Waals surface area contributed by atoms with Crippen LogP contribution < -0.4 is 0 Å². The molecule has 0 aromatic rings. The fraction of sp³-hybridized carbons (Fsp3) is 1.00. The SMILES string of the molecule is CCCCCCCCCCCCCCCCC([Si])(OC)OC. The average Bonchev–Trinajstić information content (AvgIpc) is 2.55. The normalized spacial score (nSPS) is 12.0. The van der Waals surface area contributed by atoms with Crippen LogP contribution in [-0.2, 0) is 9.47 Å². The van der Waals surface area contributed by atoms with E-state index in [0.717, 1.165) is 12.8 Å². The van der Waals surface area contributed by atoms with Crippen LogP contribution in [-0.4, -0.2) is 29.9 Å². The van der Waals surface area contributed by atoms with Gasteiger partial charge >= 0.3 is 0 Å². The van der Waals surface area contributed by atoms with Crippen molar-refractivity contribution in [3.05, 3.63) is 0 Å². The molecule has 0 aliphatic heterocycles. The van der Waals surface area contributed by atoms with Gasteiger partial charge in [0.25, 0.3) is 0 Å². The Morgan fingerprint density at radius 3 is 1.23 bits per heavy atom. The topological polar surface area (TPSA) is 18.5 Å². The number of unbranched alkanes of at least 4 members (excludes halogenated alkanes) is 13. The largest absolute Gasteiger partial charge is 0.358 e. The Labute approximate surface area is 143 Å². The zero-order chi connectivity index (χ0) is 16.5. The van der Waals surface area contributed by atoms with E-state index in [2.05, 4.69) is 17.2 Å². The van der Waals surface area contributed by atoms with Crippen LogP contribution in [0.3, 0.4) is 0 Å². The molecule has 22 heavy (non-hydrogen) atoms. The smallest absolute Gasteiger partial charge is 0.143 e. The number of hydrogen-bond donors (Lipinski definition) is 0. The molecule has 0 unspecified atom stereocenters. The summed E-state index contributed by atoms with van der Waals surface area (Å²) in [6.45, 7) is 2.28. The lowest BCUT2D eigenvalue weighted by atomic mass is 10.0. The van der Waals surface area contributed by atoms with Gasteiger partial charge in [-0.25, -0.2) is 0 Å². The van der Waals surface area contributed by atoms with Gasteiger partial charge in [-0.3, -0.25) is 0 Å². The highest BCUT2D eigenvalue weighted by Gasteiger charge is 2.21. The van der Waals surface area contributed by atoms with Crippen LogP contribution in [0.1, 0.15) is 103 Å². The molecular formula is C19H39O2Si. The second-order valence-electron chi connectivity index (χ2n) is 6.51. The van der Waals surface area contributed by atoms with Gasteiger partial charge in [-0.15, -0.1) is 0 Å². The maximum absolute atomic E-state index is 5.29. The van der Waals surface area contributed by atoms with E-state index < -0.39 is 5.41 Å². The van der Waals surface area contributed by atoms with Crippen molar-refractivity contribution in [3.8, 4) is 0 Å². The highest BCUT2D eigenvalue weighted by molar-refractivity contribution is 6.13. The fourth-order valence-electron chi connectivity index (χ4n) is 2.84. The molecule has 3 heteroatoms. The lowest BCUT2D eigenvalue weighted by Gasteiger charge is -2.26. The van der Waals surface area contributed by atoms with Crippen molar-refractivity contribution in [2.75, 3.05) is 14.2 Å². The van der Waals surface area contributed by atoms with E-state index in [4.69, 9.17) is 9.47 Å². The number of methoxy groups -OCH3 is 2. The summed E-state index contributed by atoms with van der Waals surface area (Å²) in [5.41, 5.74) is -0.572. The van der Waals surface area contributed by atoms with E-state index in [1.54, 1.807) is 14.2 Å². The van der Waals surface area contributed by atoms with Crippen molar-refractivity contribution in [2.45, 2.75) is 109 Å². The van der Waals surface area contributed by atoms with Crippen molar-refractivity contribution in [1.29, 1.82) is 0 Å². The van der Waals surface area contributed by atoms with Gasteiger partial charge in [-0.2, -0.15) is 0 Å². The maximum atomic E-state index is 5.29. The van der Waals surface area contributed by atoms with E-state index in [1.165, 1.54) is 83.5 Å². The van der Waals surface area contributed by atoms with Gasteiger partial charge in [-0.05, 0) is 12.8 Å². The molecule has 0 fully saturated rings. The molecule has 0 aromatic carbocycles. The first-order valence-corrected chi connectivity index (χ1v) is 10.0. The minimum absolute atomic E-state index is 0.572. The minimum atomic E-state index is -0.572. The highest BCUT2D eigenvalue weighted by atomic mass is 28.1. The highest BCUT2D eigenvalue weighted by Crippen LogP contribution is 2.18. The summed E-state index contributed by atoms with van der Waals surface area (Å²) < 4.78 is 10.6. The van der Waals surface area contributed by atoms with Crippen molar-refractivity contribution in [1.82, 2.24) is 0 Å². The molecule has 0 N–H and O–H groups in total. The molecule has 3 radical (unpaired) electrons. The molecule has 0 amide bonds. The van der Waals surface area contributed by atoms with Gasteiger partial charge in [0.2, 0.25) is 0 Å². The van der Waals surface area contributed by atoms with Gasteiger partial charge < -0.3 is 9.47 Å². The van der Waals surface area contributed by atoms with Crippen LogP contribution in [0.4, 0.5) is 0 Å². The number of rotatable bonds is 17. The Morgan fingerprint density at radius 2 is 0.909 bits per heavy atom. The zero-order valence-electron chi connectivity index (χ0n) is 15.4. The molecule has 131 valence electrons. The van der Waals surface area contributed by atoms with Crippen molar-refractivity contribution >= 4 is 10.2 Å². The maximum Gasteiger partial charge on any atom is 0.143 e. The van der Waals surface area contributed by atoms with E-state index >= 15 is 0 Å². The van der Waals surface area contributed by atoms with Crippen LogP contribution in [0.15, 0.2) is 0 Å². The van der Waals surface area contributed by atoms with Crippen LogP contribution in [0.2, 0.25) is 0 Å². The predicted octanol–water partition coefficient (Wildman–Crippen LogP) is 5.97. The first-order chi connectivity index (χ1) is 10.7. The third kappa shape index (κ3) is 13.8. The van der Waals surface area contributed by atoms with Crippen LogP contribution in [0.25, 0.3) is 0 Å².